The number of likely N-dealkylation sites (N-methyl/N-ethyl adjacent to an activating group) is 1. The molecule has 1 aliphatic rings. The van der Waals surface area contributed by atoms with Crippen LogP contribution in [0.25, 0.3) is 0 Å². The van der Waals surface area contributed by atoms with Gasteiger partial charge in [0, 0.05) is 18.1 Å². The van der Waals surface area contributed by atoms with Gasteiger partial charge in [0.15, 0.2) is 0 Å². The van der Waals surface area contributed by atoms with Crippen molar-refractivity contribution >= 4 is 24.8 Å². The van der Waals surface area contributed by atoms with Gasteiger partial charge >= 0.3 is 0 Å². The van der Waals surface area contributed by atoms with Gasteiger partial charge in [-0.2, -0.15) is 0 Å². The van der Waals surface area contributed by atoms with Crippen molar-refractivity contribution < 1.29 is 0 Å². The van der Waals surface area contributed by atoms with E-state index in [4.69, 9.17) is 5.73 Å². The summed E-state index contributed by atoms with van der Waals surface area (Å²) in [6.07, 6.45) is 0. The topological polar surface area (TPSA) is 29.3 Å². The summed E-state index contributed by atoms with van der Waals surface area (Å²) >= 11 is 0. The van der Waals surface area contributed by atoms with E-state index in [0.29, 0.717) is 6.04 Å². The summed E-state index contributed by atoms with van der Waals surface area (Å²) in [6, 6.07) is 0.382. The number of hydrogen-bond acceptors (Lipinski definition) is 2. The van der Waals surface area contributed by atoms with Crippen LogP contribution in [-0.4, -0.2) is 30.1 Å². The van der Waals surface area contributed by atoms with E-state index in [1.54, 1.807) is 0 Å². The van der Waals surface area contributed by atoms with Gasteiger partial charge in [-0.05, 0) is 20.9 Å². The second-order valence-corrected chi connectivity index (χ2v) is 3.14. The number of likely N-dealkylation sites (tertiary alicyclic amines) is 1. The van der Waals surface area contributed by atoms with Gasteiger partial charge in [0.05, 0.1) is 0 Å². The second kappa shape index (κ2) is 3.77. The summed E-state index contributed by atoms with van der Waals surface area (Å²) in [6.45, 7) is 5.38. The Morgan fingerprint density at radius 2 is 1.80 bits per heavy atom. The summed E-state index contributed by atoms with van der Waals surface area (Å²) in [5.41, 5.74) is 5.96. The van der Waals surface area contributed by atoms with E-state index in [-0.39, 0.29) is 30.4 Å². The SMILES string of the molecule is CN1CC(N)C1(C)C.Cl.Cl. The maximum absolute atomic E-state index is 5.70. The van der Waals surface area contributed by atoms with Crippen LogP contribution in [-0.2, 0) is 0 Å². The molecule has 0 amide bonds. The summed E-state index contributed by atoms with van der Waals surface area (Å²) < 4.78 is 0. The number of rotatable bonds is 0. The van der Waals surface area contributed by atoms with Crippen molar-refractivity contribution in [2.24, 2.45) is 5.73 Å². The third kappa shape index (κ3) is 1.76. The van der Waals surface area contributed by atoms with Crippen molar-refractivity contribution in [3.05, 3.63) is 0 Å². The third-order valence-corrected chi connectivity index (χ3v) is 2.36. The predicted octanol–water partition coefficient (Wildman–Crippen LogP) is 0.881. The largest absolute Gasteiger partial charge is 0.325 e. The van der Waals surface area contributed by atoms with Crippen LogP contribution in [0, 0.1) is 0 Å². The third-order valence-electron chi connectivity index (χ3n) is 2.36. The standard InChI is InChI=1S/C6H14N2.2ClH/c1-6(2)5(7)4-8(6)3;;/h5H,4,7H2,1-3H3;2*1H. The van der Waals surface area contributed by atoms with Crippen molar-refractivity contribution in [1.82, 2.24) is 4.90 Å². The predicted molar refractivity (Wildman–Crippen MR) is 49.2 cm³/mol. The maximum Gasteiger partial charge on any atom is 0.0349 e. The molecule has 1 fully saturated rings. The monoisotopic (exact) mass is 186 g/mol. The fourth-order valence-electron chi connectivity index (χ4n) is 0.924. The van der Waals surface area contributed by atoms with Crippen molar-refractivity contribution in [2.75, 3.05) is 13.6 Å². The first-order valence-corrected chi connectivity index (χ1v) is 3.02. The molecule has 10 heavy (non-hydrogen) atoms. The zero-order valence-electron chi connectivity index (χ0n) is 6.63. The molecule has 2 nitrogen and oxygen atoms in total. The van der Waals surface area contributed by atoms with Crippen molar-refractivity contribution in [3.8, 4) is 0 Å². The molecule has 1 rings (SSSR count). The zero-order valence-corrected chi connectivity index (χ0v) is 8.26. The van der Waals surface area contributed by atoms with E-state index in [9.17, 15) is 0 Å². The van der Waals surface area contributed by atoms with Crippen LogP contribution in [0.5, 0.6) is 0 Å². The van der Waals surface area contributed by atoms with E-state index in [1.807, 2.05) is 0 Å². The summed E-state index contributed by atoms with van der Waals surface area (Å²) in [4.78, 5) is 2.26. The van der Waals surface area contributed by atoms with Gasteiger partial charge in [0.1, 0.15) is 0 Å². The van der Waals surface area contributed by atoms with E-state index < -0.39 is 0 Å². The molecule has 4 heteroatoms. The molecule has 2 N–H and O–H groups in total. The highest BCUT2D eigenvalue weighted by Gasteiger charge is 2.40. The zero-order chi connectivity index (χ0) is 6.36. The van der Waals surface area contributed by atoms with E-state index in [1.165, 1.54) is 0 Å². The average Bonchev–Trinajstić information content (AvgIpc) is 1.68. The highest BCUT2D eigenvalue weighted by atomic mass is 35.5. The van der Waals surface area contributed by atoms with E-state index >= 15 is 0 Å². The smallest absolute Gasteiger partial charge is 0.0349 e. The number of nitrogens with zero attached hydrogens (tertiary/aromatic N) is 1. The lowest BCUT2D eigenvalue weighted by Gasteiger charge is -2.51. The Kier molecular flexibility index (Phi) is 4.94. The highest BCUT2D eigenvalue weighted by Crippen LogP contribution is 2.25. The van der Waals surface area contributed by atoms with Crippen LogP contribution in [0.3, 0.4) is 0 Å². The highest BCUT2D eigenvalue weighted by molar-refractivity contribution is 5.85. The summed E-state index contributed by atoms with van der Waals surface area (Å²) in [5, 5.41) is 0. The van der Waals surface area contributed by atoms with Crippen LogP contribution in [0.15, 0.2) is 0 Å². The molecule has 0 radical (unpaired) electrons. The molecule has 1 aliphatic heterocycles. The molecular weight excluding hydrogens is 171 g/mol. The average molecular weight is 187 g/mol. The minimum Gasteiger partial charge on any atom is -0.325 e. The second-order valence-electron chi connectivity index (χ2n) is 3.14. The van der Waals surface area contributed by atoms with Crippen LogP contribution < -0.4 is 5.73 Å². The molecular formula is C6H16Cl2N2. The van der Waals surface area contributed by atoms with Gasteiger partial charge in [0.25, 0.3) is 0 Å². The molecule has 0 bridgehead atoms. The molecule has 1 saturated heterocycles. The first-order chi connectivity index (χ1) is 3.55. The van der Waals surface area contributed by atoms with Gasteiger partial charge in [-0.3, -0.25) is 4.90 Å². The molecule has 0 saturated carbocycles. The number of nitrogens with two attached hydrogens (primary N) is 1. The van der Waals surface area contributed by atoms with E-state index in [0.717, 1.165) is 6.54 Å². The maximum atomic E-state index is 5.70. The van der Waals surface area contributed by atoms with Crippen LogP contribution in [0.2, 0.25) is 0 Å². The fourth-order valence-corrected chi connectivity index (χ4v) is 0.924. The summed E-state index contributed by atoms with van der Waals surface area (Å²) in [7, 11) is 2.10. The Morgan fingerprint density at radius 3 is 1.80 bits per heavy atom. The lowest BCUT2D eigenvalue weighted by atomic mass is 9.85. The number of halogens is 2. The Hall–Kier alpha value is 0.500. The molecule has 1 unspecified atom stereocenters. The molecule has 0 aromatic heterocycles. The molecule has 64 valence electrons. The van der Waals surface area contributed by atoms with Crippen LogP contribution in [0.1, 0.15) is 13.8 Å². The minimum absolute atomic E-state index is 0. The van der Waals surface area contributed by atoms with Crippen LogP contribution in [0.4, 0.5) is 0 Å². The molecule has 1 atom stereocenters. The van der Waals surface area contributed by atoms with Gasteiger partial charge in [0.2, 0.25) is 0 Å². The number of hydrogen-bond donors (Lipinski definition) is 1. The molecule has 0 spiro atoms. The molecule has 0 aromatic carbocycles. The van der Waals surface area contributed by atoms with Gasteiger partial charge in [-0.25, -0.2) is 0 Å². The molecule has 0 aromatic rings. The van der Waals surface area contributed by atoms with Crippen molar-refractivity contribution in [3.63, 3.8) is 0 Å². The van der Waals surface area contributed by atoms with Crippen LogP contribution >= 0.6 is 24.8 Å². The lowest BCUT2D eigenvalue weighted by molar-refractivity contribution is 0.0164. The molecule has 1 heterocycles. The first kappa shape index (κ1) is 13.1. The minimum atomic E-state index is 0. The van der Waals surface area contributed by atoms with Gasteiger partial charge in [-0.1, -0.05) is 0 Å². The fraction of sp³-hybridized carbons (Fsp3) is 1.00. The Bertz CT molecular complexity index is 95.9. The first-order valence-electron chi connectivity index (χ1n) is 3.02. The Morgan fingerprint density at radius 1 is 1.40 bits per heavy atom. The van der Waals surface area contributed by atoms with Crippen molar-refractivity contribution in [1.29, 1.82) is 0 Å². The summed E-state index contributed by atoms with van der Waals surface area (Å²) in [5.74, 6) is 0. The normalized spacial score (nSPS) is 29.4. The lowest BCUT2D eigenvalue weighted by Crippen LogP contribution is -2.69. The van der Waals surface area contributed by atoms with Gasteiger partial charge in [-0.15, -0.1) is 24.8 Å². The Labute approximate surface area is 75.0 Å². The van der Waals surface area contributed by atoms with Gasteiger partial charge < -0.3 is 5.73 Å². The van der Waals surface area contributed by atoms with Crippen molar-refractivity contribution in [2.45, 2.75) is 25.4 Å². The quantitative estimate of drug-likeness (QED) is 0.610. The molecule has 0 aliphatic carbocycles. The Balaban J connectivity index is 0. The van der Waals surface area contributed by atoms with E-state index in [2.05, 4.69) is 25.8 Å².